The number of furan rings is 1. The zero-order chi connectivity index (χ0) is 46.2. The second-order valence-electron chi connectivity index (χ2n) is 18.4. The monoisotopic (exact) mass is 909 g/mol. The van der Waals surface area contributed by atoms with Gasteiger partial charge in [0.15, 0.2) is 0 Å². The molecular weight excluding hydrogens is 867 g/mol. The van der Waals surface area contributed by atoms with Crippen LogP contribution in [0.1, 0.15) is 22.3 Å². The van der Waals surface area contributed by atoms with Crippen LogP contribution in [0.3, 0.4) is 0 Å². The topological polar surface area (TPSA) is 16.4 Å². The lowest BCUT2D eigenvalue weighted by Gasteiger charge is -2.33. The van der Waals surface area contributed by atoms with Crippen molar-refractivity contribution in [2.45, 2.75) is 5.41 Å². The SMILES string of the molecule is c1ccc(C2(c3ccccc3)c3ccccc3-c3cc(-c4ccc(N(c5ccc(-c6ccc7c(c6)sc6ccccc67)cc5)c5ccc(-c6ccc7oc8ccccc8c7c6)cc5)cc4)ccc32)cc1. The summed E-state index contributed by atoms with van der Waals surface area (Å²) < 4.78 is 8.80. The Hall–Kier alpha value is -8.76. The zero-order valence-corrected chi connectivity index (χ0v) is 38.9. The maximum absolute atomic E-state index is 6.17. The van der Waals surface area contributed by atoms with Crippen LogP contribution in [0.25, 0.3) is 86.6 Å². The van der Waals surface area contributed by atoms with Crippen molar-refractivity contribution in [3.63, 3.8) is 0 Å². The van der Waals surface area contributed by atoms with E-state index in [2.05, 4.69) is 254 Å². The van der Waals surface area contributed by atoms with Crippen LogP contribution >= 0.6 is 11.3 Å². The van der Waals surface area contributed by atoms with Crippen LogP contribution in [-0.2, 0) is 5.41 Å². The summed E-state index contributed by atoms with van der Waals surface area (Å²) in [4.78, 5) is 2.37. The summed E-state index contributed by atoms with van der Waals surface area (Å²) >= 11 is 1.86. The summed E-state index contributed by atoms with van der Waals surface area (Å²) in [6.07, 6.45) is 0. The minimum absolute atomic E-state index is 0.422. The van der Waals surface area contributed by atoms with Crippen LogP contribution < -0.4 is 4.90 Å². The number of fused-ring (bicyclic) bond motifs is 9. The minimum Gasteiger partial charge on any atom is -0.456 e. The van der Waals surface area contributed by atoms with Crippen molar-refractivity contribution in [3.8, 4) is 44.5 Å². The highest BCUT2D eigenvalue weighted by Crippen LogP contribution is 2.56. The lowest BCUT2D eigenvalue weighted by atomic mass is 9.67. The predicted octanol–water partition coefficient (Wildman–Crippen LogP) is 18.8. The largest absolute Gasteiger partial charge is 0.456 e. The number of hydrogen-bond donors (Lipinski definition) is 0. The van der Waals surface area contributed by atoms with E-state index in [0.29, 0.717) is 0 Å². The fourth-order valence-electron chi connectivity index (χ4n) is 11.3. The van der Waals surface area contributed by atoms with Gasteiger partial charge in [-0.3, -0.25) is 0 Å². The molecule has 0 unspecified atom stereocenters. The number of hydrogen-bond acceptors (Lipinski definition) is 3. The highest BCUT2D eigenvalue weighted by molar-refractivity contribution is 7.25. The maximum atomic E-state index is 6.17. The average Bonchev–Trinajstić information content (AvgIpc) is 4.10. The molecular formula is C67H43NOS. The third kappa shape index (κ3) is 6.40. The first-order chi connectivity index (χ1) is 34.7. The third-order valence-corrected chi connectivity index (χ3v) is 15.7. The first kappa shape index (κ1) is 40.3. The molecule has 0 saturated carbocycles. The average molecular weight is 910 g/mol. The molecule has 14 rings (SSSR count). The smallest absolute Gasteiger partial charge is 0.135 e. The molecule has 0 atom stereocenters. The lowest BCUT2D eigenvalue weighted by molar-refractivity contribution is 0.669. The molecule has 0 fully saturated rings. The zero-order valence-electron chi connectivity index (χ0n) is 38.1. The fraction of sp³-hybridized carbons (Fsp3) is 0.0149. The van der Waals surface area contributed by atoms with Crippen molar-refractivity contribution in [1.82, 2.24) is 0 Å². The van der Waals surface area contributed by atoms with Gasteiger partial charge in [0.05, 0.1) is 5.41 Å². The Bertz CT molecular complexity index is 4050. The molecule has 3 heteroatoms. The Balaban J connectivity index is 0.845. The van der Waals surface area contributed by atoms with Gasteiger partial charge in [0.1, 0.15) is 11.2 Å². The van der Waals surface area contributed by atoms with Gasteiger partial charge in [0.25, 0.3) is 0 Å². The number of anilines is 3. The Kier molecular flexibility index (Phi) is 9.33. The summed E-state index contributed by atoms with van der Waals surface area (Å²) in [6, 6.07) is 95.5. The highest BCUT2D eigenvalue weighted by Gasteiger charge is 2.46. The van der Waals surface area contributed by atoms with Gasteiger partial charge < -0.3 is 9.32 Å². The predicted molar refractivity (Wildman–Crippen MR) is 295 cm³/mol. The van der Waals surface area contributed by atoms with Gasteiger partial charge in [0, 0.05) is 48.0 Å². The standard InChI is InChI=1S/C67H43NOS/c1-3-13-50(14-4-1)67(51-15-5-2-6-16-51)61-20-10-7-17-55(61)59-41-47(30-39-62(59)67)44-23-32-52(33-24-44)68(53-34-25-45(26-35-53)48-31-40-64-60(42-48)56-18-8-11-21-63(56)69-64)54-36-27-46(28-37-54)49-29-38-58-57-19-9-12-22-65(57)70-66(58)43-49/h1-43H. The quantitative estimate of drug-likeness (QED) is 0.151. The van der Waals surface area contributed by atoms with Crippen LogP contribution in [0.15, 0.2) is 265 Å². The van der Waals surface area contributed by atoms with Gasteiger partial charge in [-0.1, -0.05) is 188 Å². The van der Waals surface area contributed by atoms with Crippen LogP contribution in [0.2, 0.25) is 0 Å². The summed E-state index contributed by atoms with van der Waals surface area (Å²) in [5, 5.41) is 4.90. The Labute approximate surface area is 410 Å². The Morgan fingerprint density at radius 1 is 0.300 bits per heavy atom. The second-order valence-corrected chi connectivity index (χ2v) is 19.5. The van der Waals surface area contributed by atoms with Gasteiger partial charge >= 0.3 is 0 Å². The molecule has 0 saturated heterocycles. The van der Waals surface area contributed by atoms with E-state index in [-0.39, 0.29) is 0 Å². The molecule has 2 aromatic heterocycles. The minimum atomic E-state index is -0.422. The van der Waals surface area contributed by atoms with Crippen molar-refractivity contribution in [1.29, 1.82) is 0 Å². The Morgan fingerprint density at radius 3 is 1.44 bits per heavy atom. The molecule has 0 aliphatic heterocycles. The second kappa shape index (κ2) is 16.2. The molecule has 0 bridgehead atoms. The molecule has 0 spiro atoms. The van der Waals surface area contributed by atoms with Crippen molar-refractivity contribution in [2.24, 2.45) is 0 Å². The van der Waals surface area contributed by atoms with Gasteiger partial charge in [-0.15, -0.1) is 11.3 Å². The number of nitrogens with zero attached hydrogens (tertiary/aromatic N) is 1. The molecule has 1 aliphatic rings. The molecule has 328 valence electrons. The van der Waals surface area contributed by atoms with E-state index in [0.717, 1.165) is 50.1 Å². The molecule has 2 heterocycles. The third-order valence-electron chi connectivity index (χ3n) is 14.6. The molecule has 11 aromatic carbocycles. The number of para-hydroxylation sites is 1. The number of benzene rings is 11. The van der Waals surface area contributed by atoms with E-state index >= 15 is 0 Å². The van der Waals surface area contributed by atoms with Gasteiger partial charge in [-0.2, -0.15) is 0 Å². The lowest BCUT2D eigenvalue weighted by Crippen LogP contribution is -2.28. The van der Waals surface area contributed by atoms with E-state index in [9.17, 15) is 0 Å². The first-order valence-corrected chi connectivity index (χ1v) is 24.8. The van der Waals surface area contributed by atoms with Crippen LogP contribution in [0, 0.1) is 0 Å². The summed E-state index contributed by atoms with van der Waals surface area (Å²) in [7, 11) is 0. The van der Waals surface area contributed by atoms with E-state index in [1.807, 2.05) is 23.5 Å². The molecule has 0 N–H and O–H groups in total. The van der Waals surface area contributed by atoms with Crippen molar-refractivity contribution in [3.05, 3.63) is 283 Å². The number of rotatable bonds is 8. The van der Waals surface area contributed by atoms with Crippen molar-refractivity contribution in [2.75, 3.05) is 4.90 Å². The molecule has 70 heavy (non-hydrogen) atoms. The van der Waals surface area contributed by atoms with Gasteiger partial charge in [-0.05, 0) is 140 Å². The summed E-state index contributed by atoms with van der Waals surface area (Å²) in [6.45, 7) is 0. The maximum Gasteiger partial charge on any atom is 0.135 e. The van der Waals surface area contributed by atoms with Crippen LogP contribution in [0.4, 0.5) is 17.1 Å². The summed E-state index contributed by atoms with van der Waals surface area (Å²) in [5.74, 6) is 0. The van der Waals surface area contributed by atoms with Crippen LogP contribution in [0.5, 0.6) is 0 Å². The molecule has 2 nitrogen and oxygen atoms in total. The number of thiophene rings is 1. The Morgan fingerprint density at radius 2 is 0.771 bits per heavy atom. The first-order valence-electron chi connectivity index (χ1n) is 24.0. The highest BCUT2D eigenvalue weighted by atomic mass is 32.1. The van der Waals surface area contributed by atoms with Gasteiger partial charge in [-0.25, -0.2) is 0 Å². The summed E-state index contributed by atoms with van der Waals surface area (Å²) in [5.41, 5.74) is 19.5. The molecule has 0 amide bonds. The normalized spacial score (nSPS) is 12.7. The van der Waals surface area contributed by atoms with E-state index in [1.54, 1.807) is 0 Å². The van der Waals surface area contributed by atoms with E-state index < -0.39 is 5.41 Å². The molecule has 0 radical (unpaired) electrons. The van der Waals surface area contributed by atoms with E-state index in [4.69, 9.17) is 4.42 Å². The van der Waals surface area contributed by atoms with E-state index in [1.165, 1.54) is 75.8 Å². The van der Waals surface area contributed by atoms with Crippen molar-refractivity contribution >= 4 is 70.5 Å². The van der Waals surface area contributed by atoms with Gasteiger partial charge in [0.2, 0.25) is 0 Å². The fourth-order valence-corrected chi connectivity index (χ4v) is 12.4. The molecule has 1 aliphatic carbocycles. The van der Waals surface area contributed by atoms with Crippen LogP contribution in [-0.4, -0.2) is 0 Å². The van der Waals surface area contributed by atoms with Crippen molar-refractivity contribution < 1.29 is 4.42 Å². The molecule has 13 aromatic rings.